The molecule has 0 amide bonds. The van der Waals surface area contributed by atoms with Crippen molar-refractivity contribution in [1.82, 2.24) is 9.78 Å². The Labute approximate surface area is 94.9 Å². The topological polar surface area (TPSA) is 39.1 Å². The van der Waals surface area contributed by atoms with E-state index >= 15 is 0 Å². The molecule has 2 aromatic rings. The molecule has 0 fully saturated rings. The number of nitrogens with zero attached hydrogens (tertiary/aromatic N) is 2. The lowest BCUT2D eigenvalue weighted by molar-refractivity contribution is 0.415. The van der Waals surface area contributed by atoms with Crippen molar-refractivity contribution in [2.45, 2.75) is 6.54 Å². The quantitative estimate of drug-likeness (QED) is 0.851. The smallest absolute Gasteiger partial charge is 0.120 e. The molecule has 4 heteroatoms. The van der Waals surface area contributed by atoms with Gasteiger partial charge in [0.2, 0.25) is 0 Å². The van der Waals surface area contributed by atoms with Crippen molar-refractivity contribution in [2.75, 3.05) is 12.4 Å². The molecule has 0 saturated carbocycles. The van der Waals surface area contributed by atoms with E-state index in [9.17, 15) is 0 Å². The summed E-state index contributed by atoms with van der Waals surface area (Å²) < 4.78 is 7.01. The lowest BCUT2D eigenvalue weighted by Crippen LogP contribution is -2.05. The summed E-state index contributed by atoms with van der Waals surface area (Å²) in [5, 5.41) is 7.44. The Morgan fingerprint density at radius 3 is 2.94 bits per heavy atom. The third-order valence-electron chi connectivity index (χ3n) is 2.47. The third kappa shape index (κ3) is 2.34. The third-order valence-corrected chi connectivity index (χ3v) is 2.47. The SMILES string of the molecule is COc1cccc(NCc2ccnn2C)c1. The number of aromatic nitrogens is 2. The monoisotopic (exact) mass is 217 g/mol. The van der Waals surface area contributed by atoms with Crippen LogP contribution in [0, 0.1) is 0 Å². The first kappa shape index (κ1) is 10.5. The Morgan fingerprint density at radius 1 is 1.38 bits per heavy atom. The van der Waals surface area contributed by atoms with E-state index in [-0.39, 0.29) is 0 Å². The first-order chi connectivity index (χ1) is 7.79. The van der Waals surface area contributed by atoms with Gasteiger partial charge in [0.05, 0.1) is 19.3 Å². The van der Waals surface area contributed by atoms with Crippen molar-refractivity contribution < 1.29 is 4.74 Å². The number of nitrogens with one attached hydrogen (secondary N) is 1. The molecule has 0 spiro atoms. The summed E-state index contributed by atoms with van der Waals surface area (Å²) in [5.41, 5.74) is 2.18. The minimum absolute atomic E-state index is 0.754. The van der Waals surface area contributed by atoms with Gasteiger partial charge in [-0.25, -0.2) is 0 Å². The fourth-order valence-corrected chi connectivity index (χ4v) is 1.50. The Balaban J connectivity index is 2.02. The maximum absolute atomic E-state index is 5.16. The second-order valence-corrected chi connectivity index (χ2v) is 3.53. The van der Waals surface area contributed by atoms with Crippen molar-refractivity contribution in [1.29, 1.82) is 0 Å². The molecule has 1 aromatic heterocycles. The maximum Gasteiger partial charge on any atom is 0.120 e. The highest BCUT2D eigenvalue weighted by atomic mass is 16.5. The van der Waals surface area contributed by atoms with Gasteiger partial charge in [0.25, 0.3) is 0 Å². The molecule has 0 aliphatic carbocycles. The summed E-state index contributed by atoms with van der Waals surface area (Å²) in [6, 6.07) is 9.86. The molecule has 2 rings (SSSR count). The van der Waals surface area contributed by atoms with Crippen molar-refractivity contribution in [3.63, 3.8) is 0 Å². The van der Waals surface area contributed by atoms with E-state index in [4.69, 9.17) is 4.74 Å². The molecule has 84 valence electrons. The van der Waals surface area contributed by atoms with Crippen molar-refractivity contribution >= 4 is 5.69 Å². The van der Waals surface area contributed by atoms with Crippen LogP contribution in [0.25, 0.3) is 0 Å². The molecule has 0 bridgehead atoms. The Bertz CT molecular complexity index is 465. The molecule has 16 heavy (non-hydrogen) atoms. The second kappa shape index (κ2) is 4.70. The van der Waals surface area contributed by atoms with E-state index < -0.39 is 0 Å². The van der Waals surface area contributed by atoms with Crippen LogP contribution in [0.3, 0.4) is 0 Å². The Kier molecular flexibility index (Phi) is 3.10. The van der Waals surface area contributed by atoms with Gasteiger partial charge >= 0.3 is 0 Å². The van der Waals surface area contributed by atoms with E-state index in [1.165, 1.54) is 0 Å². The van der Waals surface area contributed by atoms with Gasteiger partial charge < -0.3 is 10.1 Å². The van der Waals surface area contributed by atoms with Crippen LogP contribution in [-0.4, -0.2) is 16.9 Å². The predicted molar refractivity (Wildman–Crippen MR) is 63.5 cm³/mol. The zero-order valence-corrected chi connectivity index (χ0v) is 9.47. The Morgan fingerprint density at radius 2 is 2.25 bits per heavy atom. The van der Waals surface area contributed by atoms with Crippen molar-refractivity contribution in [3.8, 4) is 5.75 Å². The normalized spacial score (nSPS) is 10.1. The number of hydrogen-bond donors (Lipinski definition) is 1. The molecular weight excluding hydrogens is 202 g/mol. The molecule has 4 nitrogen and oxygen atoms in total. The maximum atomic E-state index is 5.16. The molecule has 1 aromatic carbocycles. The van der Waals surface area contributed by atoms with Gasteiger partial charge in [-0.2, -0.15) is 5.10 Å². The molecule has 0 aliphatic rings. The van der Waals surface area contributed by atoms with Crippen LogP contribution in [0.5, 0.6) is 5.75 Å². The molecule has 0 saturated heterocycles. The van der Waals surface area contributed by atoms with E-state index in [0.717, 1.165) is 23.7 Å². The van der Waals surface area contributed by atoms with Gasteiger partial charge in [0, 0.05) is 25.0 Å². The molecule has 0 aliphatic heterocycles. The van der Waals surface area contributed by atoms with Crippen LogP contribution in [0.4, 0.5) is 5.69 Å². The highest BCUT2D eigenvalue weighted by Gasteiger charge is 1.99. The summed E-state index contributed by atoms with van der Waals surface area (Å²) in [6.07, 6.45) is 1.79. The number of rotatable bonds is 4. The van der Waals surface area contributed by atoms with Gasteiger partial charge in [-0.1, -0.05) is 6.07 Å². The second-order valence-electron chi connectivity index (χ2n) is 3.53. The minimum atomic E-state index is 0.754. The summed E-state index contributed by atoms with van der Waals surface area (Å²) in [4.78, 5) is 0. The van der Waals surface area contributed by atoms with E-state index in [1.54, 1.807) is 13.3 Å². The average Bonchev–Trinajstić information content (AvgIpc) is 2.72. The van der Waals surface area contributed by atoms with Crippen molar-refractivity contribution in [2.24, 2.45) is 7.05 Å². The summed E-state index contributed by atoms with van der Waals surface area (Å²) in [6.45, 7) is 0.754. The number of benzene rings is 1. The van der Waals surface area contributed by atoms with Gasteiger partial charge in [0.15, 0.2) is 0 Å². The first-order valence-corrected chi connectivity index (χ1v) is 5.14. The van der Waals surface area contributed by atoms with Crippen LogP contribution < -0.4 is 10.1 Å². The van der Waals surface area contributed by atoms with E-state index in [1.807, 2.05) is 42.1 Å². The van der Waals surface area contributed by atoms with Gasteiger partial charge in [-0.15, -0.1) is 0 Å². The zero-order chi connectivity index (χ0) is 11.4. The van der Waals surface area contributed by atoms with Gasteiger partial charge in [0.1, 0.15) is 5.75 Å². The molecule has 0 atom stereocenters. The molecule has 0 radical (unpaired) electrons. The van der Waals surface area contributed by atoms with Crippen LogP contribution in [0.2, 0.25) is 0 Å². The summed E-state index contributed by atoms with van der Waals surface area (Å²) in [7, 11) is 3.60. The highest BCUT2D eigenvalue weighted by molar-refractivity contribution is 5.48. The first-order valence-electron chi connectivity index (χ1n) is 5.14. The number of methoxy groups -OCH3 is 1. The minimum Gasteiger partial charge on any atom is -0.497 e. The standard InChI is InChI=1S/C12H15N3O/c1-15-11(6-7-14-15)9-13-10-4-3-5-12(8-10)16-2/h3-8,13H,9H2,1-2H3. The summed E-state index contributed by atoms with van der Waals surface area (Å²) >= 11 is 0. The van der Waals surface area contributed by atoms with Crippen LogP contribution in [0.15, 0.2) is 36.5 Å². The molecule has 0 unspecified atom stereocenters. The number of anilines is 1. The lowest BCUT2D eigenvalue weighted by atomic mass is 10.3. The van der Waals surface area contributed by atoms with E-state index in [2.05, 4.69) is 10.4 Å². The fraction of sp³-hybridized carbons (Fsp3) is 0.250. The summed E-state index contributed by atoms with van der Waals surface area (Å²) in [5.74, 6) is 0.856. The molecular formula is C12H15N3O. The van der Waals surface area contributed by atoms with Crippen LogP contribution in [0.1, 0.15) is 5.69 Å². The Hall–Kier alpha value is -1.97. The van der Waals surface area contributed by atoms with Gasteiger partial charge in [-0.3, -0.25) is 4.68 Å². The molecule has 1 heterocycles. The predicted octanol–water partition coefficient (Wildman–Crippen LogP) is 2.04. The zero-order valence-electron chi connectivity index (χ0n) is 9.47. The number of aryl methyl sites for hydroxylation is 1. The van der Waals surface area contributed by atoms with Crippen LogP contribution >= 0.6 is 0 Å². The fourth-order valence-electron chi connectivity index (χ4n) is 1.50. The lowest BCUT2D eigenvalue weighted by Gasteiger charge is -2.08. The number of hydrogen-bond acceptors (Lipinski definition) is 3. The van der Waals surface area contributed by atoms with E-state index in [0.29, 0.717) is 0 Å². The average molecular weight is 217 g/mol. The molecule has 1 N–H and O–H groups in total. The highest BCUT2D eigenvalue weighted by Crippen LogP contribution is 2.17. The van der Waals surface area contributed by atoms with Crippen LogP contribution in [-0.2, 0) is 13.6 Å². The van der Waals surface area contributed by atoms with Gasteiger partial charge in [-0.05, 0) is 18.2 Å². The number of ether oxygens (including phenoxy) is 1. The van der Waals surface area contributed by atoms with Crippen molar-refractivity contribution in [3.05, 3.63) is 42.2 Å². The largest absolute Gasteiger partial charge is 0.497 e.